The summed E-state index contributed by atoms with van der Waals surface area (Å²) < 4.78 is 30.8. The van der Waals surface area contributed by atoms with Crippen LogP contribution in [0.3, 0.4) is 0 Å². The van der Waals surface area contributed by atoms with E-state index in [0.717, 1.165) is 17.0 Å². The van der Waals surface area contributed by atoms with Crippen molar-refractivity contribution in [3.8, 4) is 5.75 Å². The number of nitrogens with one attached hydrogen (secondary N) is 1. The fourth-order valence-corrected chi connectivity index (χ4v) is 3.81. The van der Waals surface area contributed by atoms with Gasteiger partial charge in [0, 0.05) is 32.1 Å². The fraction of sp³-hybridized carbons (Fsp3) is 0.364. The van der Waals surface area contributed by atoms with Gasteiger partial charge in [-0.3, -0.25) is 14.0 Å². The van der Waals surface area contributed by atoms with Crippen molar-refractivity contribution in [1.82, 2.24) is 24.8 Å². The average molecular weight is 443 g/mol. The van der Waals surface area contributed by atoms with Gasteiger partial charge >= 0.3 is 6.61 Å². The van der Waals surface area contributed by atoms with Gasteiger partial charge in [0.25, 0.3) is 0 Å². The van der Waals surface area contributed by atoms with Gasteiger partial charge in [0.2, 0.25) is 11.8 Å². The normalized spacial score (nSPS) is 16.2. The summed E-state index contributed by atoms with van der Waals surface area (Å²) in [6.07, 6.45) is 4.00. The minimum atomic E-state index is -2.89. The molecule has 168 valence electrons. The third-order valence-corrected chi connectivity index (χ3v) is 5.39. The Morgan fingerprint density at radius 1 is 1.19 bits per heavy atom. The molecule has 0 bridgehead atoms. The van der Waals surface area contributed by atoms with E-state index in [-0.39, 0.29) is 24.1 Å². The number of ether oxygens (including phenoxy) is 1. The number of likely N-dealkylation sites (tertiary alicyclic amines) is 1. The third kappa shape index (κ3) is 5.01. The van der Waals surface area contributed by atoms with E-state index >= 15 is 0 Å². The molecule has 2 amide bonds. The number of aromatic nitrogens is 3. The van der Waals surface area contributed by atoms with Gasteiger partial charge in [-0.1, -0.05) is 18.2 Å². The number of aryl methyl sites for hydroxylation is 1. The van der Waals surface area contributed by atoms with Gasteiger partial charge in [-0.25, -0.2) is 0 Å². The topological polar surface area (TPSA) is 88.8 Å². The molecule has 0 spiro atoms. The Bertz CT molecular complexity index is 1090. The SMILES string of the molecule is O=C(NCCCc1nnc2ccccn12)C1CCC(=O)N1Cc1ccc(OC(F)F)cc1. The summed E-state index contributed by atoms with van der Waals surface area (Å²) in [6.45, 7) is -2.20. The Kier molecular flexibility index (Phi) is 6.58. The molecule has 8 nitrogen and oxygen atoms in total. The summed E-state index contributed by atoms with van der Waals surface area (Å²) in [5.41, 5.74) is 1.51. The van der Waals surface area contributed by atoms with E-state index in [1.54, 1.807) is 12.1 Å². The lowest BCUT2D eigenvalue weighted by molar-refractivity contribution is -0.135. The molecule has 1 N–H and O–H groups in total. The lowest BCUT2D eigenvalue weighted by Crippen LogP contribution is -2.44. The van der Waals surface area contributed by atoms with Crippen molar-refractivity contribution in [2.24, 2.45) is 0 Å². The summed E-state index contributed by atoms with van der Waals surface area (Å²) in [6, 6.07) is 11.2. The molecule has 0 radical (unpaired) electrons. The van der Waals surface area contributed by atoms with Crippen LogP contribution in [0.2, 0.25) is 0 Å². The molecule has 1 fully saturated rings. The highest BCUT2D eigenvalue weighted by Crippen LogP contribution is 2.23. The first-order chi connectivity index (χ1) is 15.5. The second-order valence-electron chi connectivity index (χ2n) is 7.54. The minimum absolute atomic E-state index is 0.0474. The van der Waals surface area contributed by atoms with Gasteiger partial charge in [-0.2, -0.15) is 8.78 Å². The van der Waals surface area contributed by atoms with E-state index in [2.05, 4.69) is 20.3 Å². The number of rotatable bonds is 9. The van der Waals surface area contributed by atoms with E-state index in [0.29, 0.717) is 32.2 Å². The zero-order valence-corrected chi connectivity index (χ0v) is 17.3. The summed E-state index contributed by atoms with van der Waals surface area (Å²) in [4.78, 5) is 26.6. The fourth-order valence-electron chi connectivity index (χ4n) is 3.81. The smallest absolute Gasteiger partial charge is 0.387 e. The maximum atomic E-state index is 12.7. The molecule has 3 heterocycles. The number of amides is 2. The highest BCUT2D eigenvalue weighted by atomic mass is 19.3. The van der Waals surface area contributed by atoms with Gasteiger partial charge in [0.1, 0.15) is 17.6 Å². The molecule has 1 atom stereocenters. The van der Waals surface area contributed by atoms with Gasteiger partial charge in [-0.05, 0) is 42.7 Å². The lowest BCUT2D eigenvalue weighted by Gasteiger charge is -2.24. The Labute approximate surface area is 183 Å². The maximum Gasteiger partial charge on any atom is 0.387 e. The standard InChI is InChI=1S/C22H23F2N5O3/c23-22(24)32-16-8-6-15(7-9-16)14-29-17(10-11-20(29)30)21(31)25-12-3-5-19-27-26-18-4-1-2-13-28(18)19/h1-2,4,6-9,13,17,22H,3,5,10-12,14H2,(H,25,31). The van der Waals surface area contributed by atoms with Crippen LogP contribution in [0.15, 0.2) is 48.7 Å². The predicted octanol–water partition coefficient (Wildman–Crippen LogP) is 2.57. The van der Waals surface area contributed by atoms with E-state index in [1.165, 1.54) is 17.0 Å². The molecular weight excluding hydrogens is 420 g/mol. The van der Waals surface area contributed by atoms with Crippen LogP contribution in [0.5, 0.6) is 5.75 Å². The van der Waals surface area contributed by atoms with Crippen molar-refractivity contribution in [3.05, 3.63) is 60.0 Å². The number of carbonyl (C=O) groups is 2. The number of fused-ring (bicyclic) bond motifs is 1. The van der Waals surface area contributed by atoms with Crippen LogP contribution in [-0.4, -0.2) is 50.5 Å². The molecule has 1 aliphatic rings. The van der Waals surface area contributed by atoms with Crippen molar-refractivity contribution in [3.63, 3.8) is 0 Å². The van der Waals surface area contributed by atoms with Crippen molar-refractivity contribution in [1.29, 1.82) is 0 Å². The van der Waals surface area contributed by atoms with Crippen LogP contribution in [-0.2, 0) is 22.6 Å². The Hall–Kier alpha value is -3.56. The molecule has 0 aliphatic carbocycles. The first-order valence-corrected chi connectivity index (χ1v) is 10.4. The van der Waals surface area contributed by atoms with E-state index in [9.17, 15) is 18.4 Å². The zero-order valence-electron chi connectivity index (χ0n) is 17.3. The minimum Gasteiger partial charge on any atom is -0.435 e. The van der Waals surface area contributed by atoms with Crippen molar-refractivity contribution >= 4 is 17.5 Å². The van der Waals surface area contributed by atoms with Gasteiger partial charge in [0.15, 0.2) is 5.65 Å². The number of benzene rings is 1. The van der Waals surface area contributed by atoms with Crippen LogP contribution >= 0.6 is 0 Å². The van der Waals surface area contributed by atoms with E-state index < -0.39 is 12.7 Å². The molecule has 1 aliphatic heterocycles. The lowest BCUT2D eigenvalue weighted by atomic mass is 10.1. The highest BCUT2D eigenvalue weighted by Gasteiger charge is 2.35. The summed E-state index contributed by atoms with van der Waals surface area (Å²) in [5.74, 6) is 0.575. The van der Waals surface area contributed by atoms with Crippen LogP contribution in [0.25, 0.3) is 5.65 Å². The Morgan fingerprint density at radius 2 is 2.00 bits per heavy atom. The number of hydrogen-bond acceptors (Lipinski definition) is 5. The molecule has 3 aromatic rings. The summed E-state index contributed by atoms with van der Waals surface area (Å²) in [5, 5.41) is 11.2. The van der Waals surface area contributed by atoms with Crippen molar-refractivity contribution < 1.29 is 23.1 Å². The average Bonchev–Trinajstić information content (AvgIpc) is 3.36. The molecular formula is C22H23F2N5O3. The first-order valence-electron chi connectivity index (χ1n) is 10.4. The van der Waals surface area contributed by atoms with E-state index in [4.69, 9.17) is 0 Å². The Morgan fingerprint density at radius 3 is 2.78 bits per heavy atom. The Balaban J connectivity index is 1.29. The van der Waals surface area contributed by atoms with Gasteiger partial charge in [0.05, 0.1) is 0 Å². The van der Waals surface area contributed by atoms with Crippen LogP contribution < -0.4 is 10.1 Å². The molecule has 2 aromatic heterocycles. The molecule has 4 rings (SSSR count). The molecule has 10 heteroatoms. The predicted molar refractivity (Wildman–Crippen MR) is 111 cm³/mol. The number of alkyl halides is 2. The molecule has 1 aromatic carbocycles. The van der Waals surface area contributed by atoms with Gasteiger partial charge in [-0.15, -0.1) is 10.2 Å². The van der Waals surface area contributed by atoms with Crippen LogP contribution in [0.4, 0.5) is 8.78 Å². The number of carbonyl (C=O) groups excluding carboxylic acids is 2. The summed E-state index contributed by atoms with van der Waals surface area (Å²) >= 11 is 0. The number of pyridine rings is 1. The van der Waals surface area contributed by atoms with Crippen molar-refractivity contribution in [2.45, 2.75) is 44.9 Å². The number of halogens is 2. The monoisotopic (exact) mass is 443 g/mol. The first kappa shape index (κ1) is 21.7. The molecule has 0 saturated carbocycles. The quantitative estimate of drug-likeness (QED) is 0.514. The molecule has 1 saturated heterocycles. The second-order valence-corrected chi connectivity index (χ2v) is 7.54. The van der Waals surface area contributed by atoms with Crippen LogP contribution in [0.1, 0.15) is 30.7 Å². The molecule has 1 unspecified atom stereocenters. The van der Waals surface area contributed by atoms with E-state index in [1.807, 2.05) is 28.8 Å². The zero-order chi connectivity index (χ0) is 22.5. The summed E-state index contributed by atoms with van der Waals surface area (Å²) in [7, 11) is 0. The number of nitrogens with zero attached hydrogens (tertiary/aromatic N) is 4. The second kappa shape index (κ2) is 9.71. The largest absolute Gasteiger partial charge is 0.435 e. The van der Waals surface area contributed by atoms with Crippen LogP contribution in [0, 0.1) is 0 Å². The van der Waals surface area contributed by atoms with Crippen molar-refractivity contribution in [2.75, 3.05) is 6.54 Å². The highest BCUT2D eigenvalue weighted by molar-refractivity contribution is 5.90. The number of hydrogen-bond donors (Lipinski definition) is 1. The maximum absolute atomic E-state index is 12.7. The third-order valence-electron chi connectivity index (χ3n) is 5.39. The molecule has 32 heavy (non-hydrogen) atoms. The van der Waals surface area contributed by atoms with Gasteiger partial charge < -0.3 is 15.0 Å².